The summed E-state index contributed by atoms with van der Waals surface area (Å²) in [6.45, 7) is 5.33. The Morgan fingerprint density at radius 1 is 1.03 bits per heavy atom. The first kappa shape index (κ1) is 24.8. The number of hydrogen-bond acceptors (Lipinski definition) is 8. The van der Waals surface area contributed by atoms with Gasteiger partial charge in [-0.05, 0) is 68.3 Å². The summed E-state index contributed by atoms with van der Waals surface area (Å²) in [6.07, 6.45) is 5.34. The Labute approximate surface area is 220 Å². The molecule has 0 aliphatic carbocycles. The van der Waals surface area contributed by atoms with Crippen LogP contribution in [0, 0.1) is 5.92 Å². The zero-order valence-corrected chi connectivity index (χ0v) is 21.7. The molecular weight excluding hydrogens is 486 g/mol. The Morgan fingerprint density at radius 2 is 1.84 bits per heavy atom. The summed E-state index contributed by atoms with van der Waals surface area (Å²) in [7, 11) is 0. The van der Waals surface area contributed by atoms with E-state index < -0.39 is 0 Å². The van der Waals surface area contributed by atoms with Gasteiger partial charge in [0.1, 0.15) is 5.75 Å². The maximum atomic E-state index is 12.6. The molecule has 192 valence electrons. The summed E-state index contributed by atoms with van der Waals surface area (Å²) < 4.78 is 7.58. The van der Waals surface area contributed by atoms with E-state index in [1.54, 1.807) is 17.5 Å². The SMILES string of the molecule is CCOc1ccc(NCc2cccn2-c2nnc(N3CCC(C(=O)NCc4ccccn4)CC3)s2)cc1. The Hall–Kier alpha value is -3.92. The molecule has 37 heavy (non-hydrogen) atoms. The van der Waals surface area contributed by atoms with Crippen molar-refractivity contribution >= 4 is 28.1 Å². The van der Waals surface area contributed by atoms with Crippen LogP contribution >= 0.6 is 11.3 Å². The molecule has 5 rings (SSSR count). The molecule has 0 unspecified atom stereocenters. The van der Waals surface area contributed by atoms with Gasteiger partial charge in [-0.1, -0.05) is 17.4 Å². The number of carbonyl (C=O) groups is 1. The minimum Gasteiger partial charge on any atom is -0.494 e. The number of nitrogens with one attached hydrogen (secondary N) is 2. The van der Waals surface area contributed by atoms with Gasteiger partial charge in [-0.25, -0.2) is 0 Å². The number of anilines is 2. The quantitative estimate of drug-likeness (QED) is 0.324. The van der Waals surface area contributed by atoms with Crippen molar-refractivity contribution in [2.45, 2.75) is 32.9 Å². The van der Waals surface area contributed by atoms with Crippen LogP contribution in [0.25, 0.3) is 5.13 Å². The lowest BCUT2D eigenvalue weighted by Gasteiger charge is -2.30. The normalized spacial score (nSPS) is 13.9. The molecule has 0 bridgehead atoms. The van der Waals surface area contributed by atoms with Gasteiger partial charge < -0.3 is 20.3 Å². The monoisotopic (exact) mass is 517 g/mol. The molecule has 2 N–H and O–H groups in total. The standard InChI is InChI=1S/C27H31N7O2S/c1-2-36-24-10-8-21(9-11-24)29-19-23-7-5-15-34(23)27-32-31-26(37-27)33-16-12-20(13-17-33)25(35)30-18-22-6-3-4-14-28-22/h3-11,14-15,20,29H,2,12-13,16-19H2,1H3,(H,30,35). The van der Waals surface area contributed by atoms with E-state index in [0.717, 1.165) is 59.0 Å². The third-order valence-corrected chi connectivity index (χ3v) is 7.37. The van der Waals surface area contributed by atoms with Crippen LogP contribution in [0.1, 0.15) is 31.2 Å². The van der Waals surface area contributed by atoms with Gasteiger partial charge in [0.15, 0.2) is 0 Å². The molecule has 10 heteroatoms. The van der Waals surface area contributed by atoms with Crippen molar-refractivity contribution in [2.75, 3.05) is 29.9 Å². The number of amides is 1. The average Bonchev–Trinajstić information content (AvgIpc) is 3.62. The molecule has 3 aromatic heterocycles. The van der Waals surface area contributed by atoms with Crippen molar-refractivity contribution in [3.63, 3.8) is 0 Å². The second kappa shape index (κ2) is 11.9. The van der Waals surface area contributed by atoms with Crippen molar-refractivity contribution in [1.29, 1.82) is 0 Å². The van der Waals surface area contributed by atoms with Crippen LogP contribution in [0.2, 0.25) is 0 Å². The van der Waals surface area contributed by atoms with Crippen LogP contribution in [0.3, 0.4) is 0 Å². The van der Waals surface area contributed by atoms with Gasteiger partial charge in [-0.2, -0.15) is 0 Å². The molecule has 4 aromatic rings. The van der Waals surface area contributed by atoms with Crippen LogP contribution in [-0.4, -0.2) is 45.4 Å². The van der Waals surface area contributed by atoms with Crippen molar-refractivity contribution < 1.29 is 9.53 Å². The summed E-state index contributed by atoms with van der Waals surface area (Å²) in [6, 6.07) is 17.8. The van der Waals surface area contributed by atoms with Gasteiger partial charge in [0.25, 0.3) is 0 Å². The molecule has 0 saturated carbocycles. The first-order valence-electron chi connectivity index (χ1n) is 12.6. The third-order valence-electron chi connectivity index (χ3n) is 6.39. The molecule has 4 heterocycles. The van der Waals surface area contributed by atoms with Crippen LogP contribution in [0.5, 0.6) is 5.75 Å². The molecule has 0 atom stereocenters. The van der Waals surface area contributed by atoms with Crippen LogP contribution in [0.15, 0.2) is 67.0 Å². The molecule has 1 fully saturated rings. The first-order valence-corrected chi connectivity index (χ1v) is 13.4. The van der Waals surface area contributed by atoms with Gasteiger partial charge in [0.05, 0.1) is 25.4 Å². The highest BCUT2D eigenvalue weighted by Gasteiger charge is 2.27. The van der Waals surface area contributed by atoms with Crippen molar-refractivity contribution in [1.82, 2.24) is 25.1 Å². The summed E-state index contributed by atoms with van der Waals surface area (Å²) >= 11 is 1.57. The molecule has 1 saturated heterocycles. The van der Waals surface area contributed by atoms with Gasteiger partial charge >= 0.3 is 0 Å². The number of piperidine rings is 1. The number of hydrogen-bond donors (Lipinski definition) is 2. The molecule has 1 aliphatic heterocycles. The Morgan fingerprint density at radius 3 is 2.59 bits per heavy atom. The van der Waals surface area contributed by atoms with E-state index in [1.165, 1.54) is 0 Å². The van der Waals surface area contributed by atoms with Gasteiger partial charge in [-0.15, -0.1) is 10.2 Å². The predicted molar refractivity (Wildman–Crippen MR) is 145 cm³/mol. The molecule has 0 radical (unpaired) electrons. The van der Waals surface area contributed by atoms with Crippen LogP contribution in [-0.2, 0) is 17.9 Å². The fourth-order valence-electron chi connectivity index (χ4n) is 4.37. The molecular formula is C27H31N7O2S. The summed E-state index contributed by atoms with van der Waals surface area (Å²) in [5.74, 6) is 0.976. The molecule has 1 aliphatic rings. The molecule has 9 nitrogen and oxygen atoms in total. The minimum absolute atomic E-state index is 0.0112. The van der Waals surface area contributed by atoms with E-state index in [-0.39, 0.29) is 11.8 Å². The highest BCUT2D eigenvalue weighted by Crippen LogP contribution is 2.29. The van der Waals surface area contributed by atoms with Gasteiger partial charge in [-0.3, -0.25) is 14.3 Å². The summed E-state index contributed by atoms with van der Waals surface area (Å²) in [5.41, 5.74) is 3.00. The molecule has 1 amide bonds. The lowest BCUT2D eigenvalue weighted by Crippen LogP contribution is -2.40. The lowest BCUT2D eigenvalue weighted by molar-refractivity contribution is -0.125. The number of rotatable bonds is 10. The smallest absolute Gasteiger partial charge is 0.223 e. The zero-order chi connectivity index (χ0) is 25.5. The number of nitrogens with zero attached hydrogens (tertiary/aromatic N) is 5. The molecule has 0 spiro atoms. The van der Waals surface area contributed by atoms with E-state index >= 15 is 0 Å². The van der Waals surface area contributed by atoms with Crippen LogP contribution in [0.4, 0.5) is 10.8 Å². The highest BCUT2D eigenvalue weighted by atomic mass is 32.1. The van der Waals surface area contributed by atoms with E-state index in [4.69, 9.17) is 4.74 Å². The minimum atomic E-state index is 0.0112. The lowest BCUT2D eigenvalue weighted by atomic mass is 9.96. The highest BCUT2D eigenvalue weighted by molar-refractivity contribution is 7.17. The van der Waals surface area contributed by atoms with E-state index in [0.29, 0.717) is 19.7 Å². The number of aromatic nitrogens is 4. The van der Waals surface area contributed by atoms with Gasteiger partial charge in [0, 0.05) is 42.8 Å². The van der Waals surface area contributed by atoms with Crippen molar-refractivity contribution in [3.05, 3.63) is 78.4 Å². The van der Waals surface area contributed by atoms with Crippen molar-refractivity contribution in [2.24, 2.45) is 5.92 Å². The Balaban J connectivity index is 1.13. The maximum Gasteiger partial charge on any atom is 0.223 e. The predicted octanol–water partition coefficient (Wildman–Crippen LogP) is 4.27. The van der Waals surface area contributed by atoms with E-state index in [9.17, 15) is 4.79 Å². The van der Waals surface area contributed by atoms with E-state index in [1.807, 2.05) is 61.7 Å². The number of ether oxygens (including phenoxy) is 1. The number of pyridine rings is 1. The fraction of sp³-hybridized carbons (Fsp3) is 0.333. The number of benzene rings is 1. The van der Waals surface area contributed by atoms with Gasteiger partial charge in [0.2, 0.25) is 16.2 Å². The second-order valence-electron chi connectivity index (χ2n) is 8.85. The first-order chi connectivity index (χ1) is 18.2. The Bertz CT molecular complexity index is 1280. The maximum absolute atomic E-state index is 12.6. The summed E-state index contributed by atoms with van der Waals surface area (Å²) in [5, 5.41) is 17.1. The second-order valence-corrected chi connectivity index (χ2v) is 9.78. The van der Waals surface area contributed by atoms with Crippen LogP contribution < -0.4 is 20.3 Å². The summed E-state index contributed by atoms with van der Waals surface area (Å²) in [4.78, 5) is 19.1. The van der Waals surface area contributed by atoms with E-state index in [2.05, 4.69) is 41.3 Å². The fourth-order valence-corrected chi connectivity index (χ4v) is 5.28. The van der Waals surface area contributed by atoms with Crippen molar-refractivity contribution in [3.8, 4) is 10.9 Å². The number of carbonyl (C=O) groups excluding carboxylic acids is 1. The Kier molecular flexibility index (Phi) is 7.95. The third kappa shape index (κ3) is 6.26. The zero-order valence-electron chi connectivity index (χ0n) is 20.8. The largest absolute Gasteiger partial charge is 0.494 e. The topological polar surface area (TPSA) is 97.2 Å². The average molecular weight is 518 g/mol. The molecule has 1 aromatic carbocycles.